The van der Waals surface area contributed by atoms with E-state index in [2.05, 4.69) is 47.1 Å². The van der Waals surface area contributed by atoms with E-state index in [1.54, 1.807) is 0 Å². The highest BCUT2D eigenvalue weighted by molar-refractivity contribution is 6.32. The van der Waals surface area contributed by atoms with E-state index in [4.69, 9.17) is 16.9 Å². The highest BCUT2D eigenvalue weighted by Crippen LogP contribution is 2.43. The Kier molecular flexibility index (Phi) is 5.02. The number of rotatable bonds is 3. The highest BCUT2D eigenvalue weighted by Gasteiger charge is 2.40. The lowest BCUT2D eigenvalue weighted by molar-refractivity contribution is 0.250. The minimum absolute atomic E-state index is 0.417. The molecule has 0 N–H and O–H groups in total. The maximum Gasteiger partial charge on any atom is 0.101 e. The fraction of sp³-hybridized carbons (Fsp3) is 0.435. The van der Waals surface area contributed by atoms with E-state index < -0.39 is 0 Å². The van der Waals surface area contributed by atoms with E-state index in [1.807, 2.05) is 18.2 Å². The molecule has 140 valence electrons. The van der Waals surface area contributed by atoms with Crippen LogP contribution in [0.1, 0.15) is 37.3 Å². The van der Waals surface area contributed by atoms with Crippen molar-refractivity contribution in [1.29, 1.82) is 5.26 Å². The number of piperidine rings is 1. The van der Waals surface area contributed by atoms with E-state index in [0.717, 1.165) is 38.3 Å². The zero-order valence-electron chi connectivity index (χ0n) is 15.9. The number of benzene rings is 2. The molecule has 4 rings (SSSR count). The minimum atomic E-state index is 0.417. The summed E-state index contributed by atoms with van der Waals surface area (Å²) in [5.74, 6) is 0. The number of nitriles is 1. The van der Waals surface area contributed by atoms with E-state index in [-0.39, 0.29) is 0 Å². The van der Waals surface area contributed by atoms with Gasteiger partial charge >= 0.3 is 0 Å². The molecule has 0 saturated carbocycles. The van der Waals surface area contributed by atoms with Crippen LogP contribution in [0.5, 0.6) is 0 Å². The second-order valence-electron chi connectivity index (χ2n) is 7.95. The molecule has 0 atom stereocenters. The van der Waals surface area contributed by atoms with Gasteiger partial charge in [-0.2, -0.15) is 5.26 Å². The monoisotopic (exact) mass is 379 g/mol. The minimum Gasteiger partial charge on any atom is -0.371 e. The first-order valence-corrected chi connectivity index (χ1v) is 10.3. The van der Waals surface area contributed by atoms with Gasteiger partial charge in [-0.15, -0.1) is 0 Å². The van der Waals surface area contributed by atoms with Gasteiger partial charge in [-0.1, -0.05) is 30.7 Å². The molecule has 2 aromatic rings. The number of aryl methyl sites for hydroxylation is 1. The van der Waals surface area contributed by atoms with Crippen LogP contribution in [0.3, 0.4) is 0 Å². The molecule has 4 heteroatoms. The number of hydrogen-bond donors (Lipinski definition) is 0. The van der Waals surface area contributed by atoms with E-state index in [1.165, 1.54) is 30.5 Å². The third-order valence-corrected chi connectivity index (χ3v) is 6.72. The Bertz CT molecular complexity index is 845. The van der Waals surface area contributed by atoms with Crippen LogP contribution in [-0.2, 0) is 6.42 Å². The van der Waals surface area contributed by atoms with Crippen molar-refractivity contribution in [1.82, 2.24) is 0 Å². The van der Waals surface area contributed by atoms with E-state index in [0.29, 0.717) is 16.0 Å². The lowest BCUT2D eigenvalue weighted by Crippen LogP contribution is -2.41. The Labute approximate surface area is 167 Å². The van der Waals surface area contributed by atoms with Crippen molar-refractivity contribution in [3.05, 3.63) is 58.6 Å². The Morgan fingerprint density at radius 3 is 2.19 bits per heavy atom. The summed E-state index contributed by atoms with van der Waals surface area (Å²) in [7, 11) is 0. The Balaban J connectivity index is 1.40. The standard InChI is InChI=1S/C23H26ClN3/c1-2-18-3-6-20(7-4-18)26-12-9-23(10-13-26)11-14-27(17-23)21-8-5-19(16-25)22(24)15-21/h3-8,15H,2,9-14,17H2,1H3. The molecular formula is C23H26ClN3. The molecule has 2 heterocycles. The second kappa shape index (κ2) is 7.44. The topological polar surface area (TPSA) is 30.3 Å². The van der Waals surface area contributed by atoms with E-state index in [9.17, 15) is 0 Å². The molecular weight excluding hydrogens is 354 g/mol. The Morgan fingerprint density at radius 2 is 1.59 bits per heavy atom. The molecule has 0 unspecified atom stereocenters. The van der Waals surface area contributed by atoms with E-state index >= 15 is 0 Å². The predicted octanol–water partition coefficient (Wildman–Crippen LogP) is 5.27. The van der Waals surface area contributed by atoms with Crippen molar-refractivity contribution in [3.8, 4) is 6.07 Å². The average Bonchev–Trinajstić information content (AvgIpc) is 3.12. The van der Waals surface area contributed by atoms with Gasteiger partial charge < -0.3 is 9.80 Å². The highest BCUT2D eigenvalue weighted by atomic mass is 35.5. The predicted molar refractivity (Wildman–Crippen MR) is 113 cm³/mol. The summed E-state index contributed by atoms with van der Waals surface area (Å²) in [4.78, 5) is 4.98. The molecule has 2 aliphatic rings. The van der Waals surface area contributed by atoms with Crippen LogP contribution >= 0.6 is 11.6 Å². The van der Waals surface area contributed by atoms with Crippen molar-refractivity contribution in [3.63, 3.8) is 0 Å². The molecule has 2 aliphatic heterocycles. The number of halogens is 1. The largest absolute Gasteiger partial charge is 0.371 e. The number of anilines is 2. The molecule has 0 bridgehead atoms. The summed E-state index contributed by atoms with van der Waals surface area (Å²) >= 11 is 6.24. The first-order chi connectivity index (χ1) is 13.1. The first kappa shape index (κ1) is 18.2. The summed E-state index contributed by atoms with van der Waals surface area (Å²) < 4.78 is 0. The van der Waals surface area contributed by atoms with Crippen molar-refractivity contribution < 1.29 is 0 Å². The first-order valence-electron chi connectivity index (χ1n) is 9.91. The van der Waals surface area contributed by atoms with Crippen molar-refractivity contribution >= 4 is 23.0 Å². The second-order valence-corrected chi connectivity index (χ2v) is 8.36. The molecule has 2 aromatic carbocycles. The number of hydrogen-bond acceptors (Lipinski definition) is 3. The summed E-state index contributed by atoms with van der Waals surface area (Å²) in [6.07, 6.45) is 4.82. The Morgan fingerprint density at radius 1 is 0.963 bits per heavy atom. The van der Waals surface area contributed by atoms with Crippen LogP contribution in [0.25, 0.3) is 0 Å². The van der Waals surface area contributed by atoms with Crippen LogP contribution in [0, 0.1) is 16.7 Å². The van der Waals surface area contributed by atoms with Crippen LogP contribution in [0.15, 0.2) is 42.5 Å². The zero-order valence-corrected chi connectivity index (χ0v) is 16.7. The molecule has 27 heavy (non-hydrogen) atoms. The van der Waals surface area contributed by atoms with Crippen molar-refractivity contribution in [2.75, 3.05) is 36.0 Å². The van der Waals surface area contributed by atoms with Crippen LogP contribution in [-0.4, -0.2) is 26.2 Å². The van der Waals surface area contributed by atoms with Gasteiger partial charge in [0.2, 0.25) is 0 Å². The van der Waals surface area contributed by atoms with Crippen molar-refractivity contribution in [2.24, 2.45) is 5.41 Å². The summed E-state index contributed by atoms with van der Waals surface area (Å²) in [6, 6.07) is 17.0. The van der Waals surface area contributed by atoms with Gasteiger partial charge in [0.15, 0.2) is 0 Å². The zero-order chi connectivity index (χ0) is 18.9. The summed E-state index contributed by atoms with van der Waals surface area (Å²) in [5, 5.41) is 9.63. The SMILES string of the molecule is CCc1ccc(N2CCC3(CC2)CCN(c2ccc(C#N)c(Cl)c2)C3)cc1. The van der Waals surface area contributed by atoms with Crippen LogP contribution in [0.4, 0.5) is 11.4 Å². The Hall–Kier alpha value is -2.18. The molecule has 0 aliphatic carbocycles. The fourth-order valence-electron chi connectivity index (χ4n) is 4.54. The lowest BCUT2D eigenvalue weighted by Gasteiger charge is -2.40. The summed E-state index contributed by atoms with van der Waals surface area (Å²) in [5.41, 5.74) is 4.88. The van der Waals surface area contributed by atoms with Gasteiger partial charge in [0, 0.05) is 37.6 Å². The molecule has 0 aromatic heterocycles. The average molecular weight is 380 g/mol. The van der Waals surface area contributed by atoms with Gasteiger partial charge in [-0.05, 0) is 67.0 Å². The fourth-order valence-corrected chi connectivity index (χ4v) is 4.75. The summed E-state index contributed by atoms with van der Waals surface area (Å²) in [6.45, 7) is 6.64. The maximum atomic E-state index is 9.07. The molecule has 0 amide bonds. The lowest BCUT2D eigenvalue weighted by atomic mass is 9.77. The third kappa shape index (κ3) is 3.64. The molecule has 2 saturated heterocycles. The normalized spacial score (nSPS) is 18.7. The maximum absolute atomic E-state index is 9.07. The van der Waals surface area contributed by atoms with Gasteiger partial charge in [0.25, 0.3) is 0 Å². The third-order valence-electron chi connectivity index (χ3n) is 6.41. The molecule has 0 radical (unpaired) electrons. The van der Waals surface area contributed by atoms with Gasteiger partial charge in [-0.25, -0.2) is 0 Å². The van der Waals surface area contributed by atoms with Gasteiger partial charge in [0.05, 0.1) is 10.6 Å². The number of nitrogens with zero attached hydrogens (tertiary/aromatic N) is 3. The molecule has 2 fully saturated rings. The van der Waals surface area contributed by atoms with Crippen LogP contribution < -0.4 is 9.80 Å². The van der Waals surface area contributed by atoms with Gasteiger partial charge in [0.1, 0.15) is 6.07 Å². The smallest absolute Gasteiger partial charge is 0.101 e. The van der Waals surface area contributed by atoms with Gasteiger partial charge in [-0.3, -0.25) is 0 Å². The van der Waals surface area contributed by atoms with Crippen LogP contribution in [0.2, 0.25) is 5.02 Å². The van der Waals surface area contributed by atoms with Crippen molar-refractivity contribution in [2.45, 2.75) is 32.6 Å². The molecule has 1 spiro atoms. The quantitative estimate of drug-likeness (QED) is 0.727. The molecule has 3 nitrogen and oxygen atoms in total.